The molecule has 2 heterocycles. The lowest BCUT2D eigenvalue weighted by Crippen LogP contribution is -2.37. The Morgan fingerprint density at radius 2 is 1.79 bits per heavy atom. The van der Waals surface area contributed by atoms with Crippen LogP contribution in [-0.2, 0) is 23.9 Å². The Hall–Kier alpha value is -2.87. The number of hydrogen-bond acceptors (Lipinski definition) is 3. The summed E-state index contributed by atoms with van der Waals surface area (Å²) in [6.07, 6.45) is -0.560. The van der Waals surface area contributed by atoms with Crippen molar-refractivity contribution >= 4 is 11.6 Å². The molecule has 0 aliphatic heterocycles. The van der Waals surface area contributed by atoms with Crippen LogP contribution in [0.15, 0.2) is 54.9 Å². The Bertz CT molecular complexity index is 931. The van der Waals surface area contributed by atoms with Crippen LogP contribution in [0.1, 0.15) is 16.8 Å². The van der Waals surface area contributed by atoms with Gasteiger partial charge in [-0.05, 0) is 43.9 Å². The molecule has 2 aromatic heterocycles. The molecule has 3 aromatic rings. The Labute approximate surface area is 167 Å². The summed E-state index contributed by atoms with van der Waals surface area (Å²) in [6.45, 7) is 1.37. The van der Waals surface area contributed by atoms with Crippen LogP contribution in [0.4, 0.5) is 13.2 Å². The second-order valence-corrected chi connectivity index (χ2v) is 7.19. The summed E-state index contributed by atoms with van der Waals surface area (Å²) < 4.78 is 40.2. The average Bonchev–Trinajstić information content (AvgIpc) is 3.06. The van der Waals surface area contributed by atoms with Gasteiger partial charge in [-0.25, -0.2) is 4.98 Å². The maximum Gasteiger partial charge on any atom is 0.416 e. The number of likely N-dealkylation sites (N-methyl/N-ethyl adjacent to an activating group) is 1. The summed E-state index contributed by atoms with van der Waals surface area (Å²) in [5.41, 5.74) is 1.37. The van der Waals surface area contributed by atoms with Crippen LogP contribution in [-0.4, -0.2) is 52.3 Å². The Morgan fingerprint density at radius 3 is 2.41 bits per heavy atom. The highest BCUT2D eigenvalue weighted by atomic mass is 19.4. The van der Waals surface area contributed by atoms with E-state index in [0.717, 1.165) is 17.8 Å². The molecule has 1 aromatic carbocycles. The standard InChI is InChI=1S/C21H23F3N4O/c1-26(2)11-12-28(14-16-6-8-17(9-7-16)21(22,23)24)20(29)13-18-15-27-10-4-3-5-19(27)25-18/h3-10,15H,11-14H2,1-2H3. The molecule has 3 rings (SSSR count). The van der Waals surface area contributed by atoms with Crippen molar-refractivity contribution in [3.63, 3.8) is 0 Å². The quantitative estimate of drug-likeness (QED) is 0.605. The van der Waals surface area contributed by atoms with Crippen molar-refractivity contribution in [2.75, 3.05) is 27.2 Å². The molecule has 0 saturated carbocycles. The van der Waals surface area contributed by atoms with Gasteiger partial charge in [0.2, 0.25) is 5.91 Å². The Balaban J connectivity index is 1.73. The maximum atomic E-state index is 12.9. The van der Waals surface area contributed by atoms with Gasteiger partial charge in [-0.3, -0.25) is 4.79 Å². The molecule has 1 amide bonds. The van der Waals surface area contributed by atoms with Crippen LogP contribution in [0, 0.1) is 0 Å². The second-order valence-electron chi connectivity index (χ2n) is 7.19. The lowest BCUT2D eigenvalue weighted by atomic mass is 10.1. The number of carbonyl (C=O) groups excluding carboxylic acids is 1. The van der Waals surface area contributed by atoms with Crippen LogP contribution < -0.4 is 0 Å². The fourth-order valence-corrected chi connectivity index (χ4v) is 2.97. The van der Waals surface area contributed by atoms with Crippen LogP contribution in [0.5, 0.6) is 0 Å². The van der Waals surface area contributed by atoms with Gasteiger partial charge in [-0.2, -0.15) is 13.2 Å². The third-order valence-electron chi connectivity index (χ3n) is 4.57. The lowest BCUT2D eigenvalue weighted by Gasteiger charge is -2.24. The van der Waals surface area contributed by atoms with Gasteiger partial charge in [0, 0.05) is 32.0 Å². The molecule has 0 unspecified atom stereocenters. The highest BCUT2D eigenvalue weighted by molar-refractivity contribution is 5.78. The summed E-state index contributed by atoms with van der Waals surface area (Å²) in [7, 11) is 3.81. The van der Waals surface area contributed by atoms with E-state index in [0.29, 0.717) is 24.3 Å². The first-order valence-electron chi connectivity index (χ1n) is 9.23. The van der Waals surface area contributed by atoms with Crippen molar-refractivity contribution in [1.29, 1.82) is 0 Å². The highest BCUT2D eigenvalue weighted by Crippen LogP contribution is 2.29. The number of halogens is 3. The maximum absolute atomic E-state index is 12.9. The normalized spacial score (nSPS) is 11.9. The van der Waals surface area contributed by atoms with E-state index in [1.165, 1.54) is 12.1 Å². The van der Waals surface area contributed by atoms with Crippen LogP contribution >= 0.6 is 0 Å². The van der Waals surface area contributed by atoms with Gasteiger partial charge in [0.1, 0.15) is 5.65 Å². The third kappa shape index (κ3) is 5.57. The van der Waals surface area contributed by atoms with Crippen molar-refractivity contribution in [3.8, 4) is 0 Å². The van der Waals surface area contributed by atoms with E-state index in [1.807, 2.05) is 54.0 Å². The van der Waals surface area contributed by atoms with E-state index in [9.17, 15) is 18.0 Å². The van der Waals surface area contributed by atoms with E-state index in [2.05, 4.69) is 4.98 Å². The average molecular weight is 404 g/mol. The van der Waals surface area contributed by atoms with Crippen molar-refractivity contribution in [3.05, 3.63) is 71.7 Å². The third-order valence-corrected chi connectivity index (χ3v) is 4.57. The van der Waals surface area contributed by atoms with Gasteiger partial charge >= 0.3 is 6.18 Å². The molecule has 5 nitrogen and oxygen atoms in total. The van der Waals surface area contributed by atoms with E-state index >= 15 is 0 Å². The molecule has 0 radical (unpaired) electrons. The van der Waals surface area contributed by atoms with Gasteiger partial charge in [0.25, 0.3) is 0 Å². The number of rotatable bonds is 7. The minimum Gasteiger partial charge on any atom is -0.337 e. The van der Waals surface area contributed by atoms with E-state index in [4.69, 9.17) is 0 Å². The number of fused-ring (bicyclic) bond motifs is 1. The van der Waals surface area contributed by atoms with Crippen molar-refractivity contribution in [2.24, 2.45) is 0 Å². The first kappa shape index (κ1) is 20.9. The summed E-state index contributed by atoms with van der Waals surface area (Å²) in [5.74, 6) is -0.116. The Morgan fingerprint density at radius 1 is 1.07 bits per heavy atom. The van der Waals surface area contributed by atoms with Crippen LogP contribution in [0.2, 0.25) is 0 Å². The number of alkyl halides is 3. The fourth-order valence-electron chi connectivity index (χ4n) is 2.97. The zero-order valence-electron chi connectivity index (χ0n) is 16.4. The minimum atomic E-state index is -4.37. The number of imidazole rings is 1. The predicted molar refractivity (Wildman–Crippen MR) is 104 cm³/mol. The number of aromatic nitrogens is 2. The summed E-state index contributed by atoms with van der Waals surface area (Å²) in [6, 6.07) is 10.6. The monoisotopic (exact) mass is 404 g/mol. The smallest absolute Gasteiger partial charge is 0.337 e. The highest BCUT2D eigenvalue weighted by Gasteiger charge is 2.30. The zero-order chi connectivity index (χ0) is 21.0. The summed E-state index contributed by atoms with van der Waals surface area (Å²) >= 11 is 0. The van der Waals surface area contributed by atoms with Crippen molar-refractivity contribution < 1.29 is 18.0 Å². The van der Waals surface area contributed by atoms with Gasteiger partial charge in [-0.1, -0.05) is 18.2 Å². The number of carbonyl (C=O) groups is 1. The fraction of sp³-hybridized carbons (Fsp3) is 0.333. The van der Waals surface area contributed by atoms with Crippen molar-refractivity contribution in [2.45, 2.75) is 19.1 Å². The number of pyridine rings is 1. The first-order valence-corrected chi connectivity index (χ1v) is 9.23. The van der Waals surface area contributed by atoms with E-state index in [1.54, 1.807) is 4.90 Å². The van der Waals surface area contributed by atoms with Gasteiger partial charge in [0.05, 0.1) is 17.7 Å². The molecule has 0 N–H and O–H groups in total. The molecule has 0 aliphatic rings. The van der Waals surface area contributed by atoms with E-state index in [-0.39, 0.29) is 18.9 Å². The molecule has 0 spiro atoms. The predicted octanol–water partition coefficient (Wildman–Crippen LogP) is 3.49. The number of hydrogen-bond donors (Lipinski definition) is 0. The lowest BCUT2D eigenvalue weighted by molar-refractivity contribution is -0.137. The summed E-state index contributed by atoms with van der Waals surface area (Å²) in [4.78, 5) is 21.0. The SMILES string of the molecule is CN(C)CCN(Cc1ccc(C(F)(F)F)cc1)C(=O)Cc1cn2ccccc2n1. The van der Waals surface area contributed by atoms with Crippen LogP contribution in [0.25, 0.3) is 5.65 Å². The second kappa shape index (κ2) is 8.65. The number of amides is 1. The van der Waals surface area contributed by atoms with Gasteiger partial charge in [-0.15, -0.1) is 0 Å². The number of nitrogens with zero attached hydrogens (tertiary/aromatic N) is 4. The summed E-state index contributed by atoms with van der Waals surface area (Å²) in [5, 5.41) is 0. The zero-order valence-corrected chi connectivity index (χ0v) is 16.4. The molecule has 154 valence electrons. The molecule has 0 bridgehead atoms. The van der Waals surface area contributed by atoms with Gasteiger partial charge < -0.3 is 14.2 Å². The van der Waals surface area contributed by atoms with Gasteiger partial charge in [0.15, 0.2) is 0 Å². The molecule has 0 saturated heterocycles. The molecule has 0 atom stereocenters. The minimum absolute atomic E-state index is 0.116. The number of benzene rings is 1. The van der Waals surface area contributed by atoms with E-state index < -0.39 is 11.7 Å². The molecule has 0 aliphatic carbocycles. The molecule has 29 heavy (non-hydrogen) atoms. The Kier molecular flexibility index (Phi) is 6.22. The van der Waals surface area contributed by atoms with Crippen molar-refractivity contribution in [1.82, 2.24) is 19.2 Å². The molecular weight excluding hydrogens is 381 g/mol. The molecule has 0 fully saturated rings. The topological polar surface area (TPSA) is 40.9 Å². The first-order chi connectivity index (χ1) is 13.7. The van der Waals surface area contributed by atoms with Crippen LogP contribution in [0.3, 0.4) is 0 Å². The largest absolute Gasteiger partial charge is 0.416 e. The molecular formula is C21H23F3N4O. The molecule has 8 heteroatoms.